The first-order valence-electron chi connectivity index (χ1n) is 8.21. The van der Waals surface area contributed by atoms with Gasteiger partial charge in [0.25, 0.3) is 0 Å². The summed E-state index contributed by atoms with van der Waals surface area (Å²) in [5.41, 5.74) is 3.54. The molecule has 136 valence electrons. The molecule has 1 heterocycles. The molecule has 0 saturated heterocycles. The molecule has 0 radical (unpaired) electrons. The monoisotopic (exact) mass is 462 g/mol. The van der Waals surface area contributed by atoms with E-state index in [1.165, 1.54) is 11.1 Å². The van der Waals surface area contributed by atoms with Gasteiger partial charge in [0.05, 0.1) is 6.54 Å². The second-order valence-electron chi connectivity index (χ2n) is 5.66. The predicted molar refractivity (Wildman–Crippen MR) is 115 cm³/mol. The first kappa shape index (κ1) is 19.9. The molecule has 0 spiro atoms. The molecule has 3 aromatic rings. The summed E-state index contributed by atoms with van der Waals surface area (Å²) in [4.78, 5) is 4.27. The molecule has 0 aliphatic heterocycles. The molecule has 7 heteroatoms. The fourth-order valence-corrected chi connectivity index (χ4v) is 2.55. The topological polar surface area (TPSA) is 67.1 Å². The van der Waals surface area contributed by atoms with Crippen LogP contribution in [0.2, 0.25) is 0 Å². The van der Waals surface area contributed by atoms with Gasteiger partial charge in [-0.15, -0.1) is 34.2 Å². The molecule has 26 heavy (non-hydrogen) atoms. The van der Waals surface area contributed by atoms with Crippen molar-refractivity contribution in [1.82, 2.24) is 25.4 Å². The second-order valence-corrected chi connectivity index (χ2v) is 5.66. The minimum atomic E-state index is 0. The molecule has 2 N–H and O–H groups in total. The molecule has 6 nitrogen and oxygen atoms in total. The molecule has 3 rings (SSSR count). The van der Waals surface area contributed by atoms with Crippen LogP contribution in [0.15, 0.2) is 65.9 Å². The maximum atomic E-state index is 4.27. The van der Waals surface area contributed by atoms with Crippen LogP contribution in [0, 0.1) is 6.92 Å². The number of aromatic nitrogens is 3. The van der Waals surface area contributed by atoms with Gasteiger partial charge < -0.3 is 10.6 Å². The standard InChI is InChI=1S/C19H22N6.HI/c1-15-8-6-7-9-16(15)12-21-19(20-2)22-13-18-24-23-14-25(18)17-10-4-3-5-11-17;/h3-11,14H,12-13H2,1-2H3,(H2,20,21,22);1H. The highest BCUT2D eigenvalue weighted by Crippen LogP contribution is 2.09. The van der Waals surface area contributed by atoms with Crippen molar-refractivity contribution in [2.45, 2.75) is 20.0 Å². The van der Waals surface area contributed by atoms with E-state index in [2.05, 4.69) is 44.9 Å². The summed E-state index contributed by atoms with van der Waals surface area (Å²) < 4.78 is 1.96. The van der Waals surface area contributed by atoms with E-state index >= 15 is 0 Å². The van der Waals surface area contributed by atoms with E-state index in [0.29, 0.717) is 6.54 Å². The van der Waals surface area contributed by atoms with E-state index in [1.807, 2.05) is 47.0 Å². The summed E-state index contributed by atoms with van der Waals surface area (Å²) in [5, 5.41) is 14.8. The largest absolute Gasteiger partial charge is 0.352 e. The third-order valence-corrected chi connectivity index (χ3v) is 4.00. The normalized spacial score (nSPS) is 10.9. The Morgan fingerprint density at radius 1 is 1.00 bits per heavy atom. The maximum absolute atomic E-state index is 4.27. The summed E-state index contributed by atoms with van der Waals surface area (Å²) >= 11 is 0. The highest BCUT2D eigenvalue weighted by molar-refractivity contribution is 14.0. The highest BCUT2D eigenvalue weighted by atomic mass is 127. The second kappa shape index (κ2) is 9.91. The Morgan fingerprint density at radius 3 is 2.42 bits per heavy atom. The molecular formula is C19H23IN6. The lowest BCUT2D eigenvalue weighted by Gasteiger charge is -2.13. The Bertz CT molecular complexity index is 844. The molecule has 0 atom stereocenters. The van der Waals surface area contributed by atoms with Crippen LogP contribution >= 0.6 is 24.0 Å². The van der Waals surface area contributed by atoms with Crippen LogP contribution in [0.25, 0.3) is 5.69 Å². The van der Waals surface area contributed by atoms with Crippen LogP contribution in [0.1, 0.15) is 17.0 Å². The van der Waals surface area contributed by atoms with Crippen molar-refractivity contribution in [3.63, 3.8) is 0 Å². The van der Waals surface area contributed by atoms with E-state index in [-0.39, 0.29) is 24.0 Å². The summed E-state index contributed by atoms with van der Waals surface area (Å²) in [6, 6.07) is 18.3. The average molecular weight is 462 g/mol. The van der Waals surface area contributed by atoms with Crippen molar-refractivity contribution in [2.75, 3.05) is 7.05 Å². The molecule has 0 saturated carbocycles. The SMILES string of the molecule is CN=C(NCc1ccccc1C)NCc1nncn1-c1ccccc1.I. The average Bonchev–Trinajstić information content (AvgIpc) is 3.12. The molecule has 0 bridgehead atoms. The number of halogens is 1. The number of hydrogen-bond acceptors (Lipinski definition) is 3. The Balaban J connectivity index is 0.00000243. The molecule has 1 aromatic heterocycles. The van der Waals surface area contributed by atoms with Crippen LogP contribution < -0.4 is 10.6 Å². The lowest BCUT2D eigenvalue weighted by atomic mass is 10.1. The van der Waals surface area contributed by atoms with E-state index in [9.17, 15) is 0 Å². The van der Waals surface area contributed by atoms with Gasteiger partial charge in [-0.2, -0.15) is 0 Å². The van der Waals surface area contributed by atoms with Crippen molar-refractivity contribution < 1.29 is 0 Å². The van der Waals surface area contributed by atoms with Gasteiger partial charge in [0.1, 0.15) is 6.33 Å². The maximum Gasteiger partial charge on any atom is 0.191 e. The quantitative estimate of drug-likeness (QED) is 0.348. The van der Waals surface area contributed by atoms with Crippen LogP contribution in [0.3, 0.4) is 0 Å². The third kappa shape index (κ3) is 5.04. The Labute approximate surface area is 170 Å². The van der Waals surface area contributed by atoms with Gasteiger partial charge in [0.15, 0.2) is 11.8 Å². The first-order valence-corrected chi connectivity index (χ1v) is 8.21. The van der Waals surface area contributed by atoms with Crippen molar-refractivity contribution in [2.24, 2.45) is 4.99 Å². The summed E-state index contributed by atoms with van der Waals surface area (Å²) in [7, 11) is 1.76. The Hall–Kier alpha value is -2.42. The number of guanidine groups is 1. The molecule has 0 fully saturated rings. The number of para-hydroxylation sites is 1. The minimum Gasteiger partial charge on any atom is -0.352 e. The van der Waals surface area contributed by atoms with Gasteiger partial charge in [-0.05, 0) is 30.2 Å². The zero-order valence-electron chi connectivity index (χ0n) is 14.9. The number of hydrogen-bond donors (Lipinski definition) is 2. The number of aryl methyl sites for hydroxylation is 1. The van der Waals surface area contributed by atoms with Gasteiger partial charge in [-0.25, -0.2) is 0 Å². The Morgan fingerprint density at radius 2 is 1.69 bits per heavy atom. The fourth-order valence-electron chi connectivity index (χ4n) is 2.55. The smallest absolute Gasteiger partial charge is 0.191 e. The summed E-state index contributed by atoms with van der Waals surface area (Å²) in [5.74, 6) is 1.55. The van der Waals surface area contributed by atoms with Crippen molar-refractivity contribution >= 4 is 29.9 Å². The van der Waals surface area contributed by atoms with Gasteiger partial charge in [0, 0.05) is 19.3 Å². The fraction of sp³-hybridized carbons (Fsp3) is 0.211. The summed E-state index contributed by atoms with van der Waals surface area (Å²) in [6.07, 6.45) is 1.72. The molecular weight excluding hydrogens is 439 g/mol. The number of nitrogens with zero attached hydrogens (tertiary/aromatic N) is 4. The number of aliphatic imine (C=N–C) groups is 1. The van der Waals surface area contributed by atoms with Gasteiger partial charge in [-0.3, -0.25) is 9.56 Å². The van der Waals surface area contributed by atoms with Crippen LogP contribution in [-0.2, 0) is 13.1 Å². The molecule has 0 amide bonds. The number of benzene rings is 2. The van der Waals surface area contributed by atoms with Crippen molar-refractivity contribution in [1.29, 1.82) is 0 Å². The summed E-state index contributed by atoms with van der Waals surface area (Å²) in [6.45, 7) is 3.36. The lowest BCUT2D eigenvalue weighted by molar-refractivity contribution is 0.753. The third-order valence-electron chi connectivity index (χ3n) is 4.00. The van der Waals surface area contributed by atoms with Crippen LogP contribution in [-0.4, -0.2) is 27.8 Å². The van der Waals surface area contributed by atoms with Crippen LogP contribution in [0.4, 0.5) is 0 Å². The van der Waals surface area contributed by atoms with Gasteiger partial charge in [0.2, 0.25) is 0 Å². The predicted octanol–water partition coefficient (Wildman–Crippen LogP) is 3.06. The lowest BCUT2D eigenvalue weighted by Crippen LogP contribution is -2.37. The first-order chi connectivity index (χ1) is 12.3. The Kier molecular flexibility index (Phi) is 7.58. The number of rotatable bonds is 5. The zero-order valence-corrected chi connectivity index (χ0v) is 17.2. The minimum absolute atomic E-state index is 0. The molecule has 0 aliphatic carbocycles. The van der Waals surface area contributed by atoms with Crippen molar-refractivity contribution in [3.05, 3.63) is 77.9 Å². The van der Waals surface area contributed by atoms with E-state index in [4.69, 9.17) is 0 Å². The van der Waals surface area contributed by atoms with Crippen molar-refractivity contribution in [3.8, 4) is 5.69 Å². The molecule has 0 unspecified atom stereocenters. The van der Waals surface area contributed by atoms with Crippen LogP contribution in [0.5, 0.6) is 0 Å². The van der Waals surface area contributed by atoms with E-state index < -0.39 is 0 Å². The van der Waals surface area contributed by atoms with E-state index in [0.717, 1.165) is 24.0 Å². The van der Waals surface area contributed by atoms with Gasteiger partial charge in [-0.1, -0.05) is 42.5 Å². The van der Waals surface area contributed by atoms with E-state index in [1.54, 1.807) is 13.4 Å². The van der Waals surface area contributed by atoms with Gasteiger partial charge >= 0.3 is 0 Å². The molecule has 2 aromatic carbocycles. The zero-order chi connectivity index (χ0) is 17.5. The number of nitrogens with one attached hydrogen (secondary N) is 2. The highest BCUT2D eigenvalue weighted by Gasteiger charge is 2.07. The molecule has 0 aliphatic rings.